The van der Waals surface area contributed by atoms with E-state index in [9.17, 15) is 4.79 Å². The van der Waals surface area contributed by atoms with Gasteiger partial charge in [-0.2, -0.15) is 4.98 Å². The summed E-state index contributed by atoms with van der Waals surface area (Å²) in [4.78, 5) is 18.8. The van der Waals surface area contributed by atoms with E-state index in [-0.39, 0.29) is 12.5 Å². The molecule has 7 heteroatoms. The summed E-state index contributed by atoms with van der Waals surface area (Å²) in [5.41, 5.74) is 9.82. The number of nitrogens with two attached hydrogens (primary N) is 1. The molecular formula is C15H19N5O2. The second kappa shape index (κ2) is 6.75. The molecule has 0 saturated carbocycles. The van der Waals surface area contributed by atoms with Gasteiger partial charge in [-0.25, -0.2) is 9.78 Å². The lowest BCUT2D eigenvalue weighted by atomic mass is 10.0. The number of benzene rings is 1. The second-order valence-electron chi connectivity index (χ2n) is 4.90. The molecule has 0 radical (unpaired) electrons. The van der Waals surface area contributed by atoms with E-state index >= 15 is 0 Å². The van der Waals surface area contributed by atoms with Crippen LogP contribution < -0.4 is 16.4 Å². The number of carbonyl (C=O) groups is 1. The van der Waals surface area contributed by atoms with Gasteiger partial charge in [-0.3, -0.25) is 0 Å². The van der Waals surface area contributed by atoms with Crippen LogP contribution in [-0.2, 0) is 0 Å². The summed E-state index contributed by atoms with van der Waals surface area (Å²) in [5.74, 6) is 0.739. The maximum absolute atomic E-state index is 10.4. The van der Waals surface area contributed by atoms with E-state index < -0.39 is 6.09 Å². The predicted molar refractivity (Wildman–Crippen MR) is 85.9 cm³/mol. The Hall–Kier alpha value is -2.83. The van der Waals surface area contributed by atoms with Crippen molar-refractivity contribution in [2.45, 2.75) is 13.8 Å². The smallest absolute Gasteiger partial charge is 0.404 e. The molecular weight excluding hydrogens is 282 g/mol. The molecule has 2 rings (SSSR count). The Morgan fingerprint density at radius 1 is 1.27 bits per heavy atom. The van der Waals surface area contributed by atoms with Crippen LogP contribution in [0.2, 0.25) is 0 Å². The first kappa shape index (κ1) is 15.6. The molecule has 2 aromatic rings. The molecule has 1 amide bonds. The van der Waals surface area contributed by atoms with E-state index in [4.69, 9.17) is 10.8 Å². The van der Waals surface area contributed by atoms with Crippen molar-refractivity contribution in [2.75, 3.05) is 24.1 Å². The first-order valence-corrected chi connectivity index (χ1v) is 6.89. The highest BCUT2D eigenvalue weighted by Gasteiger charge is 2.08. The van der Waals surface area contributed by atoms with E-state index in [0.29, 0.717) is 12.4 Å². The number of aryl methyl sites for hydroxylation is 1. The van der Waals surface area contributed by atoms with Gasteiger partial charge < -0.3 is 21.5 Å². The van der Waals surface area contributed by atoms with Gasteiger partial charge in [-0.1, -0.05) is 18.2 Å². The quantitative estimate of drug-likeness (QED) is 0.628. The lowest BCUT2D eigenvalue weighted by Crippen LogP contribution is -2.27. The largest absolute Gasteiger partial charge is 0.465 e. The third kappa shape index (κ3) is 3.85. The minimum atomic E-state index is -1.06. The van der Waals surface area contributed by atoms with Crippen molar-refractivity contribution >= 4 is 17.9 Å². The van der Waals surface area contributed by atoms with Gasteiger partial charge in [-0.15, -0.1) is 0 Å². The maximum Gasteiger partial charge on any atom is 0.404 e. The lowest BCUT2D eigenvalue weighted by Gasteiger charge is -2.11. The summed E-state index contributed by atoms with van der Waals surface area (Å²) < 4.78 is 0. The van der Waals surface area contributed by atoms with Crippen molar-refractivity contribution in [3.63, 3.8) is 0 Å². The highest BCUT2D eigenvalue weighted by molar-refractivity contribution is 5.68. The van der Waals surface area contributed by atoms with Crippen molar-refractivity contribution in [3.05, 3.63) is 35.4 Å². The van der Waals surface area contributed by atoms with Crippen molar-refractivity contribution in [3.8, 4) is 11.3 Å². The predicted octanol–water partition coefficient (Wildman–Crippen LogP) is 2.02. The van der Waals surface area contributed by atoms with Gasteiger partial charge in [0.1, 0.15) is 5.82 Å². The van der Waals surface area contributed by atoms with E-state index in [2.05, 4.69) is 20.6 Å². The van der Waals surface area contributed by atoms with Gasteiger partial charge in [0.25, 0.3) is 0 Å². The first-order chi connectivity index (χ1) is 10.5. The average Bonchev–Trinajstić information content (AvgIpc) is 2.46. The van der Waals surface area contributed by atoms with Gasteiger partial charge in [0, 0.05) is 24.7 Å². The number of nitrogens with one attached hydrogen (secondary N) is 2. The van der Waals surface area contributed by atoms with Gasteiger partial charge in [0.05, 0.1) is 5.69 Å². The number of rotatable bonds is 5. The van der Waals surface area contributed by atoms with Crippen LogP contribution in [0.3, 0.4) is 0 Å². The van der Waals surface area contributed by atoms with Crippen LogP contribution in [0.4, 0.5) is 16.6 Å². The van der Waals surface area contributed by atoms with Crippen molar-refractivity contribution in [1.82, 2.24) is 15.3 Å². The number of anilines is 2. The Morgan fingerprint density at radius 2 is 2.05 bits per heavy atom. The van der Waals surface area contributed by atoms with Crippen molar-refractivity contribution in [2.24, 2.45) is 0 Å². The SMILES string of the molecule is Cc1cccc(-c2cc(NCCNC(=O)O)nc(N)n2)c1C. The zero-order valence-corrected chi connectivity index (χ0v) is 12.6. The molecule has 1 aromatic heterocycles. The summed E-state index contributed by atoms with van der Waals surface area (Å²) in [7, 11) is 0. The summed E-state index contributed by atoms with van der Waals surface area (Å²) >= 11 is 0. The normalized spacial score (nSPS) is 10.3. The second-order valence-corrected chi connectivity index (χ2v) is 4.90. The Kier molecular flexibility index (Phi) is 4.77. The van der Waals surface area contributed by atoms with Crippen LogP contribution in [0.1, 0.15) is 11.1 Å². The Morgan fingerprint density at radius 3 is 2.77 bits per heavy atom. The van der Waals surface area contributed by atoms with Gasteiger partial charge in [-0.05, 0) is 25.0 Å². The number of aromatic nitrogens is 2. The standard InChI is InChI=1S/C15H19N5O2/c1-9-4-3-5-11(10(9)2)12-8-13(20-14(16)19-12)17-6-7-18-15(21)22/h3-5,8,18H,6-7H2,1-2H3,(H,21,22)(H3,16,17,19,20). The molecule has 7 nitrogen and oxygen atoms in total. The zero-order chi connectivity index (χ0) is 16.1. The van der Waals surface area contributed by atoms with E-state index in [1.807, 2.05) is 32.0 Å². The molecule has 0 atom stereocenters. The fourth-order valence-corrected chi connectivity index (χ4v) is 2.08. The van der Waals surface area contributed by atoms with Crippen LogP contribution in [0, 0.1) is 13.8 Å². The zero-order valence-electron chi connectivity index (χ0n) is 12.6. The topological polar surface area (TPSA) is 113 Å². The molecule has 0 bridgehead atoms. The molecule has 5 N–H and O–H groups in total. The minimum Gasteiger partial charge on any atom is -0.465 e. The highest BCUT2D eigenvalue weighted by atomic mass is 16.4. The average molecular weight is 301 g/mol. The molecule has 0 saturated heterocycles. The van der Waals surface area contributed by atoms with Crippen molar-refractivity contribution in [1.29, 1.82) is 0 Å². The molecule has 116 valence electrons. The highest BCUT2D eigenvalue weighted by Crippen LogP contribution is 2.25. The number of amides is 1. The molecule has 0 aliphatic rings. The molecule has 22 heavy (non-hydrogen) atoms. The van der Waals surface area contributed by atoms with Gasteiger partial charge >= 0.3 is 6.09 Å². The number of nitrogens with zero attached hydrogens (tertiary/aromatic N) is 2. The van der Waals surface area contributed by atoms with E-state index in [0.717, 1.165) is 16.8 Å². The summed E-state index contributed by atoms with van der Waals surface area (Å²) in [6, 6.07) is 7.80. The number of hydrogen-bond donors (Lipinski definition) is 4. The van der Waals surface area contributed by atoms with Crippen LogP contribution in [-0.4, -0.2) is 34.3 Å². The number of nitrogen functional groups attached to an aromatic ring is 1. The van der Waals surface area contributed by atoms with Crippen molar-refractivity contribution < 1.29 is 9.90 Å². The molecule has 0 unspecified atom stereocenters. The Bertz CT molecular complexity index is 688. The third-order valence-corrected chi connectivity index (χ3v) is 3.33. The fourth-order valence-electron chi connectivity index (χ4n) is 2.08. The van der Waals surface area contributed by atoms with E-state index in [1.165, 1.54) is 5.56 Å². The van der Waals surface area contributed by atoms with Crippen LogP contribution in [0.25, 0.3) is 11.3 Å². The minimum absolute atomic E-state index is 0.173. The number of hydrogen-bond acceptors (Lipinski definition) is 5. The molecule has 0 aliphatic heterocycles. The lowest BCUT2D eigenvalue weighted by molar-refractivity contribution is 0.195. The van der Waals surface area contributed by atoms with Gasteiger partial charge in [0.2, 0.25) is 5.95 Å². The molecule has 0 spiro atoms. The fraction of sp³-hybridized carbons (Fsp3) is 0.267. The summed E-state index contributed by atoms with van der Waals surface area (Å²) in [6.07, 6.45) is -1.06. The maximum atomic E-state index is 10.4. The molecule has 1 aromatic carbocycles. The summed E-state index contributed by atoms with van der Waals surface area (Å²) in [6.45, 7) is 4.76. The monoisotopic (exact) mass is 301 g/mol. The first-order valence-electron chi connectivity index (χ1n) is 6.89. The Labute approximate surface area is 128 Å². The molecule has 1 heterocycles. The third-order valence-electron chi connectivity index (χ3n) is 3.33. The van der Waals surface area contributed by atoms with Crippen LogP contribution in [0.15, 0.2) is 24.3 Å². The molecule has 0 aliphatic carbocycles. The number of carboxylic acid groups (broad SMARTS) is 1. The molecule has 0 fully saturated rings. The Balaban J connectivity index is 2.19. The van der Waals surface area contributed by atoms with Gasteiger partial charge in [0.15, 0.2) is 0 Å². The van der Waals surface area contributed by atoms with Crippen LogP contribution in [0.5, 0.6) is 0 Å². The summed E-state index contributed by atoms with van der Waals surface area (Å²) in [5, 5.41) is 13.8. The van der Waals surface area contributed by atoms with E-state index in [1.54, 1.807) is 6.07 Å². The van der Waals surface area contributed by atoms with Crippen LogP contribution >= 0.6 is 0 Å².